The molecule has 142 valence electrons. The van der Waals surface area contributed by atoms with Crippen molar-refractivity contribution in [1.29, 1.82) is 0 Å². The van der Waals surface area contributed by atoms with E-state index in [-0.39, 0.29) is 29.6 Å². The zero-order chi connectivity index (χ0) is 19.6. The van der Waals surface area contributed by atoms with Crippen LogP contribution in [0.2, 0.25) is 5.02 Å². The molecule has 1 aliphatic heterocycles. The molecule has 2 aromatic carbocycles. The maximum Gasteiger partial charge on any atom is 0.416 e. The van der Waals surface area contributed by atoms with Crippen molar-refractivity contribution in [2.24, 2.45) is 5.92 Å². The van der Waals surface area contributed by atoms with E-state index in [2.05, 4.69) is 5.32 Å². The molecule has 1 aliphatic rings. The van der Waals surface area contributed by atoms with Crippen LogP contribution in [0.1, 0.15) is 17.5 Å². The minimum Gasteiger partial charge on any atom is -0.338 e. The Bertz CT molecular complexity index is 856. The van der Waals surface area contributed by atoms with Crippen LogP contribution in [0, 0.1) is 5.92 Å². The number of carbonyl (C=O) groups excluding carboxylic acids is 2. The second-order valence-corrected chi connectivity index (χ2v) is 6.75. The van der Waals surface area contributed by atoms with E-state index in [1.807, 2.05) is 30.3 Å². The van der Waals surface area contributed by atoms with E-state index in [1.165, 1.54) is 0 Å². The van der Waals surface area contributed by atoms with E-state index >= 15 is 0 Å². The van der Waals surface area contributed by atoms with Crippen LogP contribution in [0.15, 0.2) is 48.5 Å². The number of hydrogen-bond acceptors (Lipinski definition) is 2. The van der Waals surface area contributed by atoms with Crippen LogP contribution in [0.3, 0.4) is 0 Å². The Morgan fingerprint density at radius 1 is 1.19 bits per heavy atom. The summed E-state index contributed by atoms with van der Waals surface area (Å²) < 4.78 is 38.5. The summed E-state index contributed by atoms with van der Waals surface area (Å²) in [6, 6.07) is 12.1. The maximum atomic E-state index is 12.8. The Hall–Kier alpha value is -2.54. The molecule has 0 unspecified atom stereocenters. The number of rotatable bonds is 4. The largest absolute Gasteiger partial charge is 0.416 e. The Morgan fingerprint density at radius 3 is 2.56 bits per heavy atom. The van der Waals surface area contributed by atoms with Gasteiger partial charge in [-0.1, -0.05) is 41.9 Å². The van der Waals surface area contributed by atoms with Crippen LogP contribution in [0.25, 0.3) is 0 Å². The van der Waals surface area contributed by atoms with E-state index in [1.54, 1.807) is 4.90 Å². The number of alkyl halides is 3. The van der Waals surface area contributed by atoms with Gasteiger partial charge in [0.05, 0.1) is 22.2 Å². The van der Waals surface area contributed by atoms with Crippen molar-refractivity contribution in [3.05, 3.63) is 64.7 Å². The molecule has 0 bridgehead atoms. The molecule has 2 aromatic rings. The molecular formula is C19H16ClF3N2O2. The quantitative estimate of drug-likeness (QED) is 0.835. The third-order valence-electron chi connectivity index (χ3n) is 4.35. The number of hydrogen-bond donors (Lipinski definition) is 1. The first-order valence-electron chi connectivity index (χ1n) is 8.23. The SMILES string of the molecule is O=C(Nc1cc(C(F)(F)F)ccc1Cl)[C@@H]1CC(=O)N(Cc2ccccc2)C1. The van der Waals surface area contributed by atoms with E-state index in [0.29, 0.717) is 6.54 Å². The summed E-state index contributed by atoms with van der Waals surface area (Å²) in [5, 5.41) is 2.42. The van der Waals surface area contributed by atoms with Crippen LogP contribution >= 0.6 is 11.6 Å². The Morgan fingerprint density at radius 2 is 1.89 bits per heavy atom. The Kier molecular flexibility index (Phi) is 5.41. The molecule has 0 spiro atoms. The second-order valence-electron chi connectivity index (χ2n) is 6.34. The van der Waals surface area contributed by atoms with Gasteiger partial charge in [-0.3, -0.25) is 9.59 Å². The maximum absolute atomic E-state index is 12.8. The molecule has 4 nitrogen and oxygen atoms in total. The Labute approximate surface area is 158 Å². The number of nitrogens with one attached hydrogen (secondary N) is 1. The summed E-state index contributed by atoms with van der Waals surface area (Å²) >= 11 is 5.90. The molecule has 0 aliphatic carbocycles. The molecule has 1 heterocycles. The molecule has 3 rings (SSSR count). The fourth-order valence-corrected chi connectivity index (χ4v) is 3.10. The summed E-state index contributed by atoms with van der Waals surface area (Å²) in [4.78, 5) is 26.2. The van der Waals surface area contributed by atoms with Gasteiger partial charge in [0, 0.05) is 19.5 Å². The van der Waals surface area contributed by atoms with Gasteiger partial charge >= 0.3 is 6.18 Å². The fourth-order valence-electron chi connectivity index (χ4n) is 2.94. The monoisotopic (exact) mass is 396 g/mol. The number of carbonyl (C=O) groups is 2. The molecular weight excluding hydrogens is 381 g/mol. The topological polar surface area (TPSA) is 49.4 Å². The normalized spacial score (nSPS) is 17.3. The van der Waals surface area contributed by atoms with Gasteiger partial charge in [-0.05, 0) is 23.8 Å². The third-order valence-corrected chi connectivity index (χ3v) is 4.68. The van der Waals surface area contributed by atoms with Gasteiger partial charge in [0.1, 0.15) is 0 Å². The zero-order valence-corrected chi connectivity index (χ0v) is 14.8. The van der Waals surface area contributed by atoms with E-state index in [9.17, 15) is 22.8 Å². The van der Waals surface area contributed by atoms with E-state index in [0.717, 1.165) is 23.8 Å². The van der Waals surface area contributed by atoms with Crippen molar-refractivity contribution in [3.8, 4) is 0 Å². The first-order chi connectivity index (χ1) is 12.7. The van der Waals surface area contributed by atoms with Gasteiger partial charge in [0.25, 0.3) is 0 Å². The molecule has 1 fully saturated rings. The summed E-state index contributed by atoms with van der Waals surface area (Å²) in [7, 11) is 0. The summed E-state index contributed by atoms with van der Waals surface area (Å²) in [6.45, 7) is 0.587. The van der Waals surface area contributed by atoms with Crippen LogP contribution < -0.4 is 5.32 Å². The lowest BCUT2D eigenvalue weighted by Crippen LogP contribution is -2.28. The van der Waals surface area contributed by atoms with Gasteiger partial charge in [-0.2, -0.15) is 13.2 Å². The van der Waals surface area contributed by atoms with Crippen LogP contribution in [0.4, 0.5) is 18.9 Å². The molecule has 1 saturated heterocycles. The van der Waals surface area contributed by atoms with E-state index < -0.39 is 23.6 Å². The molecule has 0 saturated carbocycles. The van der Waals surface area contributed by atoms with Gasteiger partial charge in [0.15, 0.2) is 0 Å². The smallest absolute Gasteiger partial charge is 0.338 e. The lowest BCUT2D eigenvalue weighted by molar-refractivity contribution is -0.137. The number of amides is 2. The van der Waals surface area contributed by atoms with Gasteiger partial charge in [-0.15, -0.1) is 0 Å². The predicted molar refractivity (Wildman–Crippen MR) is 95.0 cm³/mol. The van der Waals surface area contributed by atoms with Crippen LogP contribution in [0.5, 0.6) is 0 Å². The number of nitrogens with zero attached hydrogens (tertiary/aromatic N) is 1. The summed E-state index contributed by atoms with van der Waals surface area (Å²) in [6.07, 6.45) is -4.53. The summed E-state index contributed by atoms with van der Waals surface area (Å²) in [5.74, 6) is -1.35. The minimum atomic E-state index is -4.54. The highest BCUT2D eigenvalue weighted by molar-refractivity contribution is 6.33. The number of anilines is 1. The highest BCUT2D eigenvalue weighted by Crippen LogP contribution is 2.34. The average Bonchev–Trinajstić information content (AvgIpc) is 2.97. The van der Waals surface area contributed by atoms with Crippen molar-refractivity contribution in [2.45, 2.75) is 19.1 Å². The van der Waals surface area contributed by atoms with E-state index in [4.69, 9.17) is 11.6 Å². The summed E-state index contributed by atoms with van der Waals surface area (Å²) in [5.41, 5.74) is -0.0892. The van der Waals surface area contributed by atoms with Crippen LogP contribution in [-0.2, 0) is 22.3 Å². The van der Waals surface area contributed by atoms with Gasteiger partial charge in [0.2, 0.25) is 11.8 Å². The van der Waals surface area contributed by atoms with Crippen molar-refractivity contribution in [1.82, 2.24) is 4.90 Å². The van der Waals surface area contributed by atoms with Gasteiger partial charge in [-0.25, -0.2) is 0 Å². The molecule has 2 amide bonds. The number of benzene rings is 2. The standard InChI is InChI=1S/C19H16ClF3N2O2/c20-15-7-6-14(19(21,22)23)9-16(15)24-18(27)13-8-17(26)25(11-13)10-12-4-2-1-3-5-12/h1-7,9,13H,8,10-11H2,(H,24,27)/t13-/m1/s1. The number of halogens is 4. The highest BCUT2D eigenvalue weighted by atomic mass is 35.5. The zero-order valence-electron chi connectivity index (χ0n) is 14.1. The minimum absolute atomic E-state index is 0.00168. The molecule has 27 heavy (non-hydrogen) atoms. The first-order valence-corrected chi connectivity index (χ1v) is 8.61. The first kappa shape index (κ1) is 19.2. The van der Waals surface area contributed by atoms with Crippen molar-refractivity contribution < 1.29 is 22.8 Å². The molecule has 1 N–H and O–H groups in total. The van der Waals surface area contributed by atoms with Crippen molar-refractivity contribution >= 4 is 29.1 Å². The lowest BCUT2D eigenvalue weighted by atomic mass is 10.1. The highest BCUT2D eigenvalue weighted by Gasteiger charge is 2.35. The molecule has 8 heteroatoms. The average molecular weight is 397 g/mol. The predicted octanol–water partition coefficient (Wildman–Crippen LogP) is 4.35. The van der Waals surface area contributed by atoms with Gasteiger partial charge < -0.3 is 10.2 Å². The Balaban J connectivity index is 1.68. The van der Waals surface area contributed by atoms with Crippen molar-refractivity contribution in [3.63, 3.8) is 0 Å². The van der Waals surface area contributed by atoms with Crippen molar-refractivity contribution in [2.75, 3.05) is 11.9 Å². The third kappa shape index (κ3) is 4.60. The fraction of sp³-hybridized carbons (Fsp3) is 0.263. The molecule has 1 atom stereocenters. The number of likely N-dealkylation sites (tertiary alicyclic amines) is 1. The van der Waals surface area contributed by atoms with Crippen LogP contribution in [-0.4, -0.2) is 23.3 Å². The molecule has 0 aromatic heterocycles. The molecule has 0 radical (unpaired) electrons. The lowest BCUT2D eigenvalue weighted by Gasteiger charge is -2.17. The second kappa shape index (κ2) is 7.60.